The van der Waals surface area contributed by atoms with Crippen LogP contribution in [0, 0.1) is 23.2 Å². The molecule has 1 saturated heterocycles. The molecule has 9 unspecified atom stereocenters. The zero-order valence-electron chi connectivity index (χ0n) is 36.9. The first-order valence-electron chi connectivity index (χ1n) is 21.1. The molecule has 0 spiro atoms. The number of guanidine groups is 1. The van der Waals surface area contributed by atoms with E-state index in [1.54, 1.807) is 42.2 Å². The number of carbonyl (C=O) groups is 3. The van der Waals surface area contributed by atoms with Crippen LogP contribution in [0.5, 0.6) is 0 Å². The maximum Gasteiger partial charge on any atom is 0.337 e. The summed E-state index contributed by atoms with van der Waals surface area (Å²) in [6, 6.07) is 0. The standard InChI is InChI=1S/C47H70N4O10/c1-31(22-16-13-14-21-29-51(6)47(48)49)23-17-15-18-24-32(2)30-35(5)42(60-46-41(56)39(54)40(55)43(61-46)45(58)59-7)33(3)25-19-11-9-8-10-12-20-26-34(4)44(57)50-38-36(52)27-28-37(38)53/h8-13,16-17,19-20,23,25-26,30-33,39-43,46,52,54-56H,14-15,18,21-22,24,27-29H2,1-7H3,(H3,48,49)(H,50,57). The molecule has 338 valence electrons. The van der Waals surface area contributed by atoms with Crippen LogP contribution in [0.1, 0.15) is 86.0 Å². The van der Waals surface area contributed by atoms with Crippen molar-refractivity contribution < 1.29 is 49.0 Å². The van der Waals surface area contributed by atoms with Crippen molar-refractivity contribution in [3.63, 3.8) is 0 Å². The van der Waals surface area contributed by atoms with E-state index in [-0.39, 0.29) is 47.9 Å². The molecule has 61 heavy (non-hydrogen) atoms. The molecule has 0 bridgehead atoms. The third kappa shape index (κ3) is 18.7. The average Bonchev–Trinajstić information content (AvgIpc) is 3.54. The number of nitrogens with one attached hydrogen (secondary N) is 2. The Bertz CT molecular complexity index is 1720. The fraction of sp³-hybridized carbons (Fsp3) is 0.532. The number of nitrogens with zero attached hydrogens (tertiary/aromatic N) is 1. The highest BCUT2D eigenvalue weighted by Crippen LogP contribution is 2.29. The number of methoxy groups -OCH3 is 1. The highest BCUT2D eigenvalue weighted by molar-refractivity contribution is 6.04. The number of nitrogens with two attached hydrogens (primary N) is 1. The van der Waals surface area contributed by atoms with Crippen molar-refractivity contribution in [2.45, 2.75) is 123 Å². The topological polar surface area (TPSA) is 225 Å². The third-order valence-corrected chi connectivity index (χ3v) is 10.4. The molecular formula is C47H70N4O10. The van der Waals surface area contributed by atoms with E-state index in [2.05, 4.69) is 49.5 Å². The summed E-state index contributed by atoms with van der Waals surface area (Å²) < 4.78 is 16.7. The maximum absolute atomic E-state index is 12.4. The van der Waals surface area contributed by atoms with E-state index < -0.39 is 48.7 Å². The van der Waals surface area contributed by atoms with Gasteiger partial charge in [-0.2, -0.15) is 0 Å². The molecule has 1 heterocycles. The molecule has 1 amide bonds. The van der Waals surface area contributed by atoms with Gasteiger partial charge in [-0.05, 0) is 69.8 Å². The summed E-state index contributed by atoms with van der Waals surface area (Å²) in [7, 11) is 2.96. The fourth-order valence-corrected chi connectivity index (χ4v) is 6.58. The second-order valence-corrected chi connectivity index (χ2v) is 15.8. The van der Waals surface area contributed by atoms with Gasteiger partial charge in [0.2, 0.25) is 0 Å². The smallest absolute Gasteiger partial charge is 0.337 e. The average molecular weight is 851 g/mol. The van der Waals surface area contributed by atoms with Gasteiger partial charge in [-0.25, -0.2) is 4.79 Å². The van der Waals surface area contributed by atoms with Crippen molar-refractivity contribution in [2.75, 3.05) is 20.7 Å². The molecule has 9 atom stereocenters. The Balaban J connectivity index is 2.04. The number of aliphatic hydroxyl groups is 4. The maximum atomic E-state index is 12.4. The van der Waals surface area contributed by atoms with E-state index in [0.29, 0.717) is 11.5 Å². The fourth-order valence-electron chi connectivity index (χ4n) is 6.58. The number of ether oxygens (including phenoxy) is 3. The van der Waals surface area contributed by atoms with Gasteiger partial charge >= 0.3 is 5.97 Å². The Morgan fingerprint density at radius 1 is 0.918 bits per heavy atom. The zero-order valence-corrected chi connectivity index (χ0v) is 36.9. The second kappa shape index (κ2) is 27.9. The second-order valence-electron chi connectivity index (χ2n) is 15.8. The van der Waals surface area contributed by atoms with Gasteiger partial charge in [0.1, 0.15) is 29.8 Å². The number of ketones is 1. The number of hydrogen-bond acceptors (Lipinski definition) is 11. The summed E-state index contributed by atoms with van der Waals surface area (Å²) in [5.41, 5.74) is 6.68. The molecular weight excluding hydrogens is 781 g/mol. The van der Waals surface area contributed by atoms with Crippen molar-refractivity contribution >= 4 is 23.6 Å². The van der Waals surface area contributed by atoms with E-state index in [9.17, 15) is 34.8 Å². The van der Waals surface area contributed by atoms with Gasteiger partial charge in [0.25, 0.3) is 5.91 Å². The molecule has 1 aliphatic heterocycles. The number of esters is 1. The van der Waals surface area contributed by atoms with Crippen LogP contribution in [0.3, 0.4) is 0 Å². The zero-order chi connectivity index (χ0) is 45.5. The summed E-state index contributed by atoms with van der Waals surface area (Å²) in [5, 5.41) is 51.5. The molecule has 14 nitrogen and oxygen atoms in total. The molecule has 0 aromatic carbocycles. The minimum absolute atomic E-state index is 0.0385. The highest BCUT2D eigenvalue weighted by atomic mass is 16.7. The predicted molar refractivity (Wildman–Crippen MR) is 238 cm³/mol. The Labute approximate surface area is 362 Å². The number of unbranched alkanes of at least 4 members (excludes halogenated alkanes) is 2. The van der Waals surface area contributed by atoms with Crippen LogP contribution in [-0.4, -0.2) is 106 Å². The van der Waals surface area contributed by atoms with Crippen LogP contribution in [-0.2, 0) is 28.6 Å². The number of allylic oxidation sites excluding steroid dienone is 15. The molecule has 0 saturated carbocycles. The Morgan fingerprint density at radius 2 is 1.57 bits per heavy atom. The van der Waals surface area contributed by atoms with Crippen LogP contribution in [0.25, 0.3) is 0 Å². The number of rotatable bonds is 24. The van der Waals surface area contributed by atoms with Gasteiger partial charge in [0.15, 0.2) is 24.1 Å². The molecule has 0 aromatic rings. The Kier molecular flexibility index (Phi) is 23.9. The molecule has 0 aromatic heterocycles. The minimum atomic E-state index is -1.70. The van der Waals surface area contributed by atoms with Gasteiger partial charge in [0, 0.05) is 37.9 Å². The van der Waals surface area contributed by atoms with Gasteiger partial charge in [-0.3, -0.25) is 15.0 Å². The molecule has 14 heteroatoms. The first kappa shape index (κ1) is 52.3. The summed E-state index contributed by atoms with van der Waals surface area (Å²) in [4.78, 5) is 38.2. The molecule has 2 rings (SSSR count). The van der Waals surface area contributed by atoms with E-state index in [0.717, 1.165) is 57.8 Å². The van der Waals surface area contributed by atoms with Crippen molar-refractivity contribution in [1.82, 2.24) is 10.2 Å². The largest absolute Gasteiger partial charge is 0.510 e. The van der Waals surface area contributed by atoms with Crippen LogP contribution in [0.15, 0.2) is 108 Å². The van der Waals surface area contributed by atoms with Crippen molar-refractivity contribution in [2.24, 2.45) is 23.5 Å². The molecule has 8 N–H and O–H groups in total. The SMILES string of the molecule is COC(=O)C1OC(OC(C(C)=CC(C)CCCC=CC(C)CC=CCCCN(C)C(=N)N)C(C)C=CC=CC=CC=CC=C(C)C(=O)NC2=C(O)CCC2=O)C(O)C(O)C1O. The van der Waals surface area contributed by atoms with E-state index in [1.165, 1.54) is 0 Å². The number of carbonyl (C=O) groups excluding carboxylic acids is 3. The molecule has 2 aliphatic rings. The molecule has 1 fully saturated rings. The normalized spacial score (nSPS) is 23.9. The number of aliphatic hydroxyl groups excluding tert-OH is 4. The third-order valence-electron chi connectivity index (χ3n) is 10.4. The quantitative estimate of drug-likeness (QED) is 0.0115. The Morgan fingerprint density at radius 3 is 2.21 bits per heavy atom. The number of amides is 1. The monoisotopic (exact) mass is 851 g/mol. The molecule has 0 radical (unpaired) electrons. The van der Waals surface area contributed by atoms with E-state index in [1.807, 2.05) is 45.2 Å². The van der Waals surface area contributed by atoms with E-state index in [4.69, 9.17) is 25.4 Å². The lowest BCUT2D eigenvalue weighted by molar-refractivity contribution is -0.303. The van der Waals surface area contributed by atoms with Gasteiger partial charge in [-0.1, -0.05) is 106 Å². The van der Waals surface area contributed by atoms with E-state index >= 15 is 0 Å². The summed E-state index contributed by atoms with van der Waals surface area (Å²) in [6.07, 6.45) is 24.5. The van der Waals surface area contributed by atoms with Crippen LogP contribution < -0.4 is 11.1 Å². The lowest BCUT2D eigenvalue weighted by atomic mass is 9.92. The predicted octanol–water partition coefficient (Wildman–Crippen LogP) is 5.90. The minimum Gasteiger partial charge on any atom is -0.510 e. The van der Waals surface area contributed by atoms with Crippen LogP contribution in [0.2, 0.25) is 0 Å². The number of Topliss-reactive ketones (excluding diaryl/α,β-unsaturated/α-hetero) is 1. The van der Waals surface area contributed by atoms with Crippen LogP contribution in [0.4, 0.5) is 0 Å². The summed E-state index contributed by atoms with van der Waals surface area (Å²) in [6.45, 7) is 10.6. The lowest BCUT2D eigenvalue weighted by Gasteiger charge is -2.41. The first-order chi connectivity index (χ1) is 29.0. The van der Waals surface area contributed by atoms with Crippen molar-refractivity contribution in [3.8, 4) is 0 Å². The summed E-state index contributed by atoms with van der Waals surface area (Å²) >= 11 is 0. The number of hydrogen-bond donors (Lipinski definition) is 7. The lowest BCUT2D eigenvalue weighted by Crippen LogP contribution is -2.61. The van der Waals surface area contributed by atoms with Gasteiger partial charge < -0.3 is 50.6 Å². The highest BCUT2D eigenvalue weighted by Gasteiger charge is 2.48. The summed E-state index contributed by atoms with van der Waals surface area (Å²) in [5.74, 6) is -1.31. The Hall–Kier alpha value is -4.86. The van der Waals surface area contributed by atoms with Gasteiger partial charge in [0.05, 0.1) is 13.2 Å². The van der Waals surface area contributed by atoms with Gasteiger partial charge in [-0.15, -0.1) is 0 Å². The first-order valence-corrected chi connectivity index (χ1v) is 21.1. The molecule has 1 aliphatic carbocycles. The van der Waals surface area contributed by atoms with Crippen molar-refractivity contribution in [3.05, 3.63) is 108 Å². The van der Waals surface area contributed by atoms with Crippen LogP contribution >= 0.6 is 0 Å². The van der Waals surface area contributed by atoms with Crippen molar-refractivity contribution in [1.29, 1.82) is 5.41 Å².